The number of alkyl halides is 1. The zero-order chi connectivity index (χ0) is 14.2. The predicted molar refractivity (Wildman–Crippen MR) is 70.2 cm³/mol. The summed E-state index contributed by atoms with van der Waals surface area (Å²) in [5.74, 6) is 0.0816. The van der Waals surface area contributed by atoms with Gasteiger partial charge in [0.15, 0.2) is 0 Å². The molecule has 2 unspecified atom stereocenters. The van der Waals surface area contributed by atoms with E-state index in [9.17, 15) is 14.0 Å². The van der Waals surface area contributed by atoms with Crippen LogP contribution in [-0.4, -0.2) is 53.5 Å². The number of nitrogens with zero attached hydrogens (tertiary/aromatic N) is 2. The first-order valence-electron chi connectivity index (χ1n) is 7.13. The molecule has 0 saturated carbocycles. The lowest BCUT2D eigenvalue weighted by molar-refractivity contribution is -0.148. The van der Waals surface area contributed by atoms with Crippen molar-refractivity contribution in [2.75, 3.05) is 19.6 Å². The average Bonchev–Trinajstić information content (AvgIpc) is 2.29. The number of rotatable bonds is 4. The minimum absolute atomic E-state index is 0.0106. The maximum absolute atomic E-state index is 12.7. The van der Waals surface area contributed by atoms with Gasteiger partial charge in [0, 0.05) is 24.4 Å². The van der Waals surface area contributed by atoms with E-state index in [1.54, 1.807) is 4.90 Å². The number of amides is 2. The predicted octanol–water partition coefficient (Wildman–Crippen LogP) is 1.45. The van der Waals surface area contributed by atoms with Crippen LogP contribution in [0.2, 0.25) is 0 Å². The minimum atomic E-state index is -0.848. The number of likely N-dealkylation sites (tertiary alicyclic amines) is 2. The van der Waals surface area contributed by atoms with Crippen LogP contribution >= 0.6 is 0 Å². The van der Waals surface area contributed by atoms with E-state index in [4.69, 9.17) is 0 Å². The quantitative estimate of drug-likeness (QED) is 0.776. The maximum atomic E-state index is 12.7. The lowest BCUT2D eigenvalue weighted by Gasteiger charge is -2.44. The second kappa shape index (κ2) is 5.47. The van der Waals surface area contributed by atoms with Crippen molar-refractivity contribution in [3.63, 3.8) is 0 Å². The van der Waals surface area contributed by atoms with Crippen molar-refractivity contribution in [2.45, 2.75) is 45.8 Å². The lowest BCUT2D eigenvalue weighted by atomic mass is 9.90. The van der Waals surface area contributed by atoms with Gasteiger partial charge in [-0.25, -0.2) is 4.39 Å². The Balaban J connectivity index is 1.81. The van der Waals surface area contributed by atoms with Crippen molar-refractivity contribution >= 4 is 11.8 Å². The molecule has 2 heterocycles. The molecular formula is C14H23FN2O2. The van der Waals surface area contributed by atoms with Crippen LogP contribution in [0.15, 0.2) is 0 Å². The molecule has 0 radical (unpaired) electrons. The molecule has 0 aromatic heterocycles. The molecule has 4 nitrogen and oxygen atoms in total. The summed E-state index contributed by atoms with van der Waals surface area (Å²) in [6, 6.07) is 0.191. The summed E-state index contributed by atoms with van der Waals surface area (Å²) >= 11 is 0. The second-order valence-electron chi connectivity index (χ2n) is 6.11. The number of halogens is 1. The highest BCUT2D eigenvalue weighted by atomic mass is 19.1. The molecule has 2 amide bonds. The summed E-state index contributed by atoms with van der Waals surface area (Å²) in [5, 5.41) is 0. The van der Waals surface area contributed by atoms with Gasteiger partial charge in [-0.2, -0.15) is 0 Å². The summed E-state index contributed by atoms with van der Waals surface area (Å²) < 4.78 is 12.7. The Hall–Kier alpha value is -1.13. The molecule has 0 spiro atoms. The Morgan fingerprint density at radius 2 is 1.84 bits per heavy atom. The highest BCUT2D eigenvalue weighted by Crippen LogP contribution is 2.27. The Kier molecular flexibility index (Phi) is 4.11. The van der Waals surface area contributed by atoms with Crippen molar-refractivity contribution < 1.29 is 14.0 Å². The third-order valence-electron chi connectivity index (χ3n) is 4.12. The first-order valence-corrected chi connectivity index (χ1v) is 7.13. The van der Waals surface area contributed by atoms with Crippen molar-refractivity contribution in [2.24, 2.45) is 11.8 Å². The Labute approximate surface area is 113 Å². The third kappa shape index (κ3) is 2.90. The first-order chi connectivity index (χ1) is 8.90. The Morgan fingerprint density at radius 1 is 1.21 bits per heavy atom. The van der Waals surface area contributed by atoms with Gasteiger partial charge < -0.3 is 9.80 Å². The van der Waals surface area contributed by atoms with Gasteiger partial charge >= 0.3 is 0 Å². The maximum Gasteiger partial charge on any atom is 0.225 e. The Bertz CT molecular complexity index is 366. The van der Waals surface area contributed by atoms with Crippen LogP contribution in [0.1, 0.15) is 33.6 Å². The fourth-order valence-electron chi connectivity index (χ4n) is 2.73. The largest absolute Gasteiger partial charge is 0.339 e. The molecule has 2 rings (SSSR count). The van der Waals surface area contributed by atoms with Gasteiger partial charge in [-0.15, -0.1) is 0 Å². The first kappa shape index (κ1) is 14.3. The molecule has 2 aliphatic heterocycles. The smallest absolute Gasteiger partial charge is 0.225 e. The number of hydrogen-bond acceptors (Lipinski definition) is 2. The van der Waals surface area contributed by atoms with Gasteiger partial charge in [-0.1, -0.05) is 20.8 Å². The zero-order valence-electron chi connectivity index (χ0n) is 11.9. The van der Waals surface area contributed by atoms with E-state index in [1.807, 2.05) is 25.7 Å². The highest BCUT2D eigenvalue weighted by molar-refractivity contribution is 5.81. The van der Waals surface area contributed by atoms with Crippen LogP contribution in [0, 0.1) is 11.8 Å². The molecule has 2 aliphatic rings. The van der Waals surface area contributed by atoms with Crippen LogP contribution in [0.5, 0.6) is 0 Å². The topological polar surface area (TPSA) is 40.6 Å². The van der Waals surface area contributed by atoms with E-state index in [0.29, 0.717) is 6.42 Å². The van der Waals surface area contributed by atoms with Gasteiger partial charge in [-0.05, 0) is 12.8 Å². The normalized spacial score (nSPS) is 25.0. The fraction of sp³-hybridized carbons (Fsp3) is 0.857. The molecule has 0 aromatic rings. The van der Waals surface area contributed by atoms with E-state index in [0.717, 1.165) is 13.0 Å². The summed E-state index contributed by atoms with van der Waals surface area (Å²) in [4.78, 5) is 27.4. The zero-order valence-corrected chi connectivity index (χ0v) is 11.9. The van der Waals surface area contributed by atoms with E-state index < -0.39 is 6.17 Å². The third-order valence-corrected chi connectivity index (χ3v) is 4.12. The second-order valence-corrected chi connectivity index (χ2v) is 6.11. The van der Waals surface area contributed by atoms with Crippen LogP contribution in [-0.2, 0) is 9.59 Å². The summed E-state index contributed by atoms with van der Waals surface area (Å²) in [6.45, 7) is 6.95. The molecule has 2 saturated heterocycles. The van der Waals surface area contributed by atoms with Crippen molar-refractivity contribution in [1.82, 2.24) is 9.80 Å². The number of carbonyl (C=O) groups is 2. The van der Waals surface area contributed by atoms with Crippen molar-refractivity contribution in [3.8, 4) is 0 Å². The monoisotopic (exact) mass is 270 g/mol. The summed E-state index contributed by atoms with van der Waals surface area (Å²) in [7, 11) is 0. The lowest BCUT2D eigenvalue weighted by Crippen LogP contribution is -2.56. The SMILES string of the molecule is CC(C)C(=O)N1CCC1CC(C)C(=O)N1CC(F)C1. The van der Waals surface area contributed by atoms with Gasteiger partial charge in [0.1, 0.15) is 6.17 Å². The Morgan fingerprint density at radius 3 is 2.26 bits per heavy atom. The van der Waals surface area contributed by atoms with E-state index in [2.05, 4.69) is 0 Å². The van der Waals surface area contributed by atoms with E-state index in [-0.39, 0.29) is 42.8 Å². The summed E-state index contributed by atoms with van der Waals surface area (Å²) in [5.41, 5.74) is 0. The fourth-order valence-corrected chi connectivity index (χ4v) is 2.73. The van der Waals surface area contributed by atoms with Crippen LogP contribution < -0.4 is 0 Å². The molecule has 5 heteroatoms. The molecule has 2 atom stereocenters. The molecule has 19 heavy (non-hydrogen) atoms. The van der Waals surface area contributed by atoms with Gasteiger partial charge in [-0.3, -0.25) is 9.59 Å². The van der Waals surface area contributed by atoms with E-state index >= 15 is 0 Å². The molecule has 108 valence electrons. The summed E-state index contributed by atoms with van der Waals surface area (Å²) in [6.07, 6.45) is 0.825. The van der Waals surface area contributed by atoms with Crippen molar-refractivity contribution in [3.05, 3.63) is 0 Å². The molecular weight excluding hydrogens is 247 g/mol. The number of hydrogen-bond donors (Lipinski definition) is 0. The molecule has 0 bridgehead atoms. The molecule has 0 aromatic carbocycles. The van der Waals surface area contributed by atoms with E-state index in [1.165, 1.54) is 0 Å². The van der Waals surface area contributed by atoms with Crippen molar-refractivity contribution in [1.29, 1.82) is 0 Å². The molecule has 0 N–H and O–H groups in total. The minimum Gasteiger partial charge on any atom is -0.339 e. The van der Waals surface area contributed by atoms with Gasteiger partial charge in [0.05, 0.1) is 13.1 Å². The number of carbonyl (C=O) groups excluding carboxylic acids is 2. The van der Waals surface area contributed by atoms with Crippen LogP contribution in [0.25, 0.3) is 0 Å². The molecule has 0 aliphatic carbocycles. The van der Waals surface area contributed by atoms with Crippen LogP contribution in [0.3, 0.4) is 0 Å². The van der Waals surface area contributed by atoms with Gasteiger partial charge in [0.2, 0.25) is 11.8 Å². The standard InChI is InChI=1S/C14H23FN2O2/c1-9(2)13(18)17-5-4-12(17)6-10(3)14(19)16-7-11(15)8-16/h9-12H,4-8H2,1-3H3. The average molecular weight is 270 g/mol. The molecule has 2 fully saturated rings. The highest BCUT2D eigenvalue weighted by Gasteiger charge is 2.38. The van der Waals surface area contributed by atoms with Crippen LogP contribution in [0.4, 0.5) is 4.39 Å². The van der Waals surface area contributed by atoms with Gasteiger partial charge in [0.25, 0.3) is 0 Å².